The van der Waals surface area contributed by atoms with E-state index in [2.05, 4.69) is 27.3 Å². The molecule has 0 saturated heterocycles. The van der Waals surface area contributed by atoms with Crippen molar-refractivity contribution in [2.45, 2.75) is 6.54 Å². The second kappa shape index (κ2) is 5.69. The zero-order chi connectivity index (χ0) is 13.0. The summed E-state index contributed by atoms with van der Waals surface area (Å²) in [5.74, 6) is -0.151. The smallest absolute Gasteiger partial charge is 0.251 e. The van der Waals surface area contributed by atoms with Gasteiger partial charge in [0.2, 0.25) is 0 Å². The molecule has 1 amide bonds. The van der Waals surface area contributed by atoms with Crippen LogP contribution in [0.2, 0.25) is 0 Å². The second-order valence-corrected chi connectivity index (χ2v) is 4.78. The van der Waals surface area contributed by atoms with E-state index in [4.69, 9.17) is 5.73 Å². The van der Waals surface area contributed by atoms with E-state index in [1.54, 1.807) is 18.2 Å². The molecule has 2 aromatic rings. The Kier molecular flexibility index (Phi) is 3.99. The Labute approximate surface area is 114 Å². The summed E-state index contributed by atoms with van der Waals surface area (Å²) in [5, 5.41) is 2.83. The summed E-state index contributed by atoms with van der Waals surface area (Å²) in [6, 6.07) is 15.5. The lowest BCUT2D eigenvalue weighted by Gasteiger charge is -2.06. The van der Waals surface area contributed by atoms with Gasteiger partial charge in [0.1, 0.15) is 0 Å². The molecule has 1 radical (unpaired) electrons. The standard InChI is InChI=1S/C14H12BrN2O/c15-12-6-4-10(5-7-12)9-17-14(18)11-2-1-3-13(16)8-11/h2-8H,9,16H2,(H,17,18). The van der Waals surface area contributed by atoms with Crippen molar-refractivity contribution >= 4 is 27.5 Å². The molecule has 0 spiro atoms. The summed E-state index contributed by atoms with van der Waals surface area (Å²) in [5.41, 5.74) is 7.70. The van der Waals surface area contributed by atoms with E-state index in [1.807, 2.05) is 24.3 Å². The second-order valence-electron chi connectivity index (χ2n) is 3.86. The molecular formula is C14H12BrN2O. The Hall–Kier alpha value is -1.81. The van der Waals surface area contributed by atoms with Gasteiger partial charge < -0.3 is 11.1 Å². The minimum Gasteiger partial charge on any atom is -0.399 e. The summed E-state index contributed by atoms with van der Waals surface area (Å²) >= 11 is 3.36. The van der Waals surface area contributed by atoms with Crippen LogP contribution in [0.15, 0.2) is 46.9 Å². The van der Waals surface area contributed by atoms with Crippen LogP contribution in [0.25, 0.3) is 0 Å². The molecule has 0 fully saturated rings. The monoisotopic (exact) mass is 303 g/mol. The Morgan fingerprint density at radius 3 is 2.67 bits per heavy atom. The van der Waals surface area contributed by atoms with Gasteiger partial charge in [0.25, 0.3) is 5.91 Å². The number of hydrogen-bond acceptors (Lipinski definition) is 2. The Balaban J connectivity index is 1.98. The van der Waals surface area contributed by atoms with Gasteiger partial charge in [-0.05, 0) is 42.0 Å². The summed E-state index contributed by atoms with van der Waals surface area (Å²) in [4.78, 5) is 11.8. The molecule has 2 aromatic carbocycles. The number of rotatable bonds is 3. The fourth-order valence-corrected chi connectivity index (χ4v) is 1.77. The largest absolute Gasteiger partial charge is 0.399 e. The van der Waals surface area contributed by atoms with Gasteiger partial charge in [-0.1, -0.05) is 28.1 Å². The average Bonchev–Trinajstić information content (AvgIpc) is 2.38. The number of carbonyl (C=O) groups is 1. The molecule has 0 aliphatic heterocycles. The fraction of sp³-hybridized carbons (Fsp3) is 0.0714. The quantitative estimate of drug-likeness (QED) is 0.857. The molecule has 91 valence electrons. The maximum Gasteiger partial charge on any atom is 0.251 e. The van der Waals surface area contributed by atoms with Gasteiger partial charge in [0.15, 0.2) is 0 Å². The van der Waals surface area contributed by atoms with Crippen LogP contribution in [0.3, 0.4) is 0 Å². The van der Waals surface area contributed by atoms with Gasteiger partial charge in [-0.25, -0.2) is 0 Å². The van der Waals surface area contributed by atoms with Crippen LogP contribution in [-0.2, 0) is 6.54 Å². The van der Waals surface area contributed by atoms with Gasteiger partial charge in [0, 0.05) is 22.3 Å². The van der Waals surface area contributed by atoms with Crippen molar-refractivity contribution in [2.24, 2.45) is 0 Å². The van der Waals surface area contributed by atoms with Gasteiger partial charge in [-0.15, -0.1) is 0 Å². The zero-order valence-corrected chi connectivity index (χ0v) is 11.2. The predicted octanol–water partition coefficient (Wildman–Crippen LogP) is 2.76. The molecule has 2 rings (SSSR count). The van der Waals surface area contributed by atoms with Crippen LogP contribution in [0.4, 0.5) is 5.69 Å². The van der Waals surface area contributed by atoms with Gasteiger partial charge >= 0.3 is 0 Å². The van der Waals surface area contributed by atoms with Crippen molar-refractivity contribution in [1.82, 2.24) is 5.32 Å². The number of nitrogen functional groups attached to an aromatic ring is 1. The van der Waals surface area contributed by atoms with E-state index in [0.717, 1.165) is 10.0 Å². The molecule has 18 heavy (non-hydrogen) atoms. The third-order valence-electron chi connectivity index (χ3n) is 2.44. The topological polar surface area (TPSA) is 55.1 Å². The first-order valence-electron chi connectivity index (χ1n) is 5.44. The minimum absolute atomic E-state index is 0.151. The fourth-order valence-electron chi connectivity index (χ4n) is 1.51. The predicted molar refractivity (Wildman–Crippen MR) is 75.0 cm³/mol. The lowest BCUT2D eigenvalue weighted by atomic mass is 10.2. The Bertz CT molecular complexity index is 552. The Morgan fingerprint density at radius 1 is 1.28 bits per heavy atom. The summed E-state index contributed by atoms with van der Waals surface area (Å²) in [7, 11) is 0. The van der Waals surface area contributed by atoms with Crippen molar-refractivity contribution in [3.63, 3.8) is 0 Å². The lowest BCUT2D eigenvalue weighted by molar-refractivity contribution is 0.0951. The van der Waals surface area contributed by atoms with Crippen LogP contribution < -0.4 is 11.1 Å². The van der Waals surface area contributed by atoms with Crippen molar-refractivity contribution in [3.8, 4) is 0 Å². The lowest BCUT2D eigenvalue weighted by Crippen LogP contribution is -2.22. The molecule has 0 aliphatic rings. The number of nitrogens with two attached hydrogens (primary N) is 1. The van der Waals surface area contributed by atoms with Gasteiger partial charge in [0.05, 0.1) is 0 Å². The van der Waals surface area contributed by atoms with E-state index in [0.29, 0.717) is 17.8 Å². The van der Waals surface area contributed by atoms with E-state index in [9.17, 15) is 4.79 Å². The molecule has 3 N–H and O–H groups in total. The molecule has 0 aliphatic carbocycles. The molecule has 0 atom stereocenters. The molecule has 0 heterocycles. The number of hydrogen-bond donors (Lipinski definition) is 2. The van der Waals surface area contributed by atoms with Crippen LogP contribution >= 0.6 is 15.9 Å². The number of carbonyl (C=O) groups excluding carboxylic acids is 1. The number of benzene rings is 2. The first kappa shape index (κ1) is 12.6. The van der Waals surface area contributed by atoms with E-state index in [-0.39, 0.29) is 5.91 Å². The highest BCUT2D eigenvalue weighted by Gasteiger charge is 2.05. The van der Waals surface area contributed by atoms with Crippen LogP contribution in [-0.4, -0.2) is 5.91 Å². The van der Waals surface area contributed by atoms with Crippen molar-refractivity contribution in [1.29, 1.82) is 0 Å². The van der Waals surface area contributed by atoms with Gasteiger partial charge in [-0.2, -0.15) is 0 Å². The Morgan fingerprint density at radius 2 is 2.00 bits per heavy atom. The molecular weight excluding hydrogens is 292 g/mol. The molecule has 3 nitrogen and oxygen atoms in total. The molecule has 0 unspecified atom stereocenters. The van der Waals surface area contributed by atoms with Crippen LogP contribution in [0.1, 0.15) is 15.9 Å². The van der Waals surface area contributed by atoms with E-state index < -0.39 is 0 Å². The number of nitrogens with one attached hydrogen (secondary N) is 1. The highest BCUT2D eigenvalue weighted by atomic mass is 79.9. The third-order valence-corrected chi connectivity index (χ3v) is 2.97. The van der Waals surface area contributed by atoms with Crippen molar-refractivity contribution < 1.29 is 4.79 Å². The summed E-state index contributed by atoms with van der Waals surface area (Å²) < 4.78 is 1.02. The number of anilines is 1. The van der Waals surface area contributed by atoms with E-state index >= 15 is 0 Å². The number of amides is 1. The maximum atomic E-state index is 11.8. The first-order chi connectivity index (χ1) is 8.65. The van der Waals surface area contributed by atoms with Crippen LogP contribution in [0.5, 0.6) is 0 Å². The average molecular weight is 304 g/mol. The van der Waals surface area contributed by atoms with Gasteiger partial charge in [-0.3, -0.25) is 4.79 Å². The van der Waals surface area contributed by atoms with Crippen molar-refractivity contribution in [3.05, 3.63) is 64.1 Å². The zero-order valence-electron chi connectivity index (χ0n) is 9.61. The minimum atomic E-state index is -0.151. The molecule has 0 bridgehead atoms. The normalized spacial score (nSPS) is 10.1. The highest BCUT2D eigenvalue weighted by Crippen LogP contribution is 2.11. The SMILES string of the molecule is Nc1c[c]cc(C(=O)NCc2ccc(Br)cc2)c1. The van der Waals surface area contributed by atoms with Crippen LogP contribution in [0, 0.1) is 6.07 Å². The maximum absolute atomic E-state index is 11.8. The van der Waals surface area contributed by atoms with Crippen molar-refractivity contribution in [2.75, 3.05) is 5.73 Å². The summed E-state index contributed by atoms with van der Waals surface area (Å²) in [6.07, 6.45) is 0. The molecule has 4 heteroatoms. The molecule has 0 saturated carbocycles. The first-order valence-corrected chi connectivity index (χ1v) is 6.24. The summed E-state index contributed by atoms with van der Waals surface area (Å²) in [6.45, 7) is 0.487. The third kappa shape index (κ3) is 3.34. The number of halogens is 1. The van der Waals surface area contributed by atoms with E-state index in [1.165, 1.54) is 0 Å². The highest BCUT2D eigenvalue weighted by molar-refractivity contribution is 9.10. The molecule has 0 aromatic heterocycles.